The van der Waals surface area contributed by atoms with Gasteiger partial charge in [-0.15, -0.1) is 0 Å². The summed E-state index contributed by atoms with van der Waals surface area (Å²) in [6.45, 7) is 9.35. The molecule has 0 aliphatic carbocycles. The maximum absolute atomic E-state index is 10.4. The van der Waals surface area contributed by atoms with Crippen molar-refractivity contribution in [2.45, 2.75) is 46.3 Å². The van der Waals surface area contributed by atoms with Crippen LogP contribution in [0.25, 0.3) is 0 Å². The number of hydrogen-bond acceptors (Lipinski definition) is 3. The van der Waals surface area contributed by atoms with Crippen molar-refractivity contribution >= 4 is 0 Å². The Bertz CT molecular complexity index is 390. The number of aryl methyl sites for hydroxylation is 1. The Labute approximate surface area is 117 Å². The summed E-state index contributed by atoms with van der Waals surface area (Å²) in [6.07, 6.45) is 0.559. The Balaban J connectivity index is 2.70. The summed E-state index contributed by atoms with van der Waals surface area (Å²) < 4.78 is 5.33. The summed E-state index contributed by atoms with van der Waals surface area (Å²) in [4.78, 5) is 0. The number of aliphatic hydroxyl groups excluding tert-OH is 1. The maximum Gasteiger partial charge on any atom is 0.124 e. The van der Waals surface area contributed by atoms with E-state index in [-0.39, 0.29) is 6.04 Å². The summed E-state index contributed by atoms with van der Waals surface area (Å²) in [5.41, 5.74) is 1.98. The highest BCUT2D eigenvalue weighted by Gasteiger charge is 2.19. The number of hydrogen-bond donors (Lipinski definition) is 2. The smallest absolute Gasteiger partial charge is 0.124 e. The lowest BCUT2D eigenvalue weighted by molar-refractivity contribution is 0.132. The Morgan fingerprint density at radius 3 is 2.53 bits per heavy atom. The SMILES string of the molecule is COc1ccc(C)cc1C(O)C(C)NCCC(C)C. The molecule has 0 spiro atoms. The fourth-order valence-corrected chi connectivity index (χ4v) is 2.07. The zero-order valence-electron chi connectivity index (χ0n) is 12.7. The van der Waals surface area contributed by atoms with E-state index in [9.17, 15) is 5.11 Å². The highest BCUT2D eigenvalue weighted by Crippen LogP contribution is 2.28. The molecule has 0 aromatic heterocycles. The van der Waals surface area contributed by atoms with Crippen LogP contribution in [0, 0.1) is 12.8 Å². The van der Waals surface area contributed by atoms with E-state index in [1.165, 1.54) is 0 Å². The second-order valence-electron chi connectivity index (χ2n) is 5.62. The number of rotatable bonds is 7. The molecule has 0 heterocycles. The number of benzene rings is 1. The normalized spacial score (nSPS) is 14.5. The average molecular weight is 265 g/mol. The molecule has 0 amide bonds. The topological polar surface area (TPSA) is 41.5 Å². The van der Waals surface area contributed by atoms with Crippen molar-refractivity contribution in [3.63, 3.8) is 0 Å². The molecule has 0 saturated carbocycles. The summed E-state index contributed by atoms with van der Waals surface area (Å²) in [5, 5.41) is 13.8. The molecule has 3 nitrogen and oxygen atoms in total. The van der Waals surface area contributed by atoms with Gasteiger partial charge in [0.1, 0.15) is 5.75 Å². The highest BCUT2D eigenvalue weighted by atomic mass is 16.5. The van der Waals surface area contributed by atoms with Crippen molar-refractivity contribution in [1.82, 2.24) is 5.32 Å². The van der Waals surface area contributed by atoms with Crippen molar-refractivity contribution in [3.8, 4) is 5.75 Å². The predicted molar refractivity (Wildman–Crippen MR) is 79.6 cm³/mol. The Hall–Kier alpha value is -1.06. The molecule has 0 fully saturated rings. The van der Waals surface area contributed by atoms with Gasteiger partial charge < -0.3 is 15.2 Å². The quantitative estimate of drug-likeness (QED) is 0.796. The first-order valence-corrected chi connectivity index (χ1v) is 7.01. The van der Waals surface area contributed by atoms with E-state index in [1.54, 1.807) is 7.11 Å². The lowest BCUT2D eigenvalue weighted by atomic mass is 10.00. The van der Waals surface area contributed by atoms with Crippen LogP contribution in [-0.2, 0) is 0 Å². The van der Waals surface area contributed by atoms with Crippen molar-refractivity contribution in [3.05, 3.63) is 29.3 Å². The third kappa shape index (κ3) is 4.84. The molecule has 0 radical (unpaired) electrons. The van der Waals surface area contributed by atoms with Crippen LogP contribution in [0.5, 0.6) is 5.75 Å². The van der Waals surface area contributed by atoms with Crippen LogP contribution < -0.4 is 10.1 Å². The molecular weight excluding hydrogens is 238 g/mol. The summed E-state index contributed by atoms with van der Waals surface area (Å²) in [5.74, 6) is 1.42. The molecule has 0 aliphatic heterocycles. The number of nitrogens with one attached hydrogen (secondary N) is 1. The summed E-state index contributed by atoms with van der Waals surface area (Å²) in [7, 11) is 1.64. The first-order valence-electron chi connectivity index (χ1n) is 7.01. The molecule has 0 aliphatic rings. The second kappa shape index (κ2) is 7.51. The molecule has 1 aromatic carbocycles. The van der Waals surface area contributed by atoms with E-state index in [0.29, 0.717) is 5.92 Å². The van der Waals surface area contributed by atoms with E-state index in [4.69, 9.17) is 4.74 Å². The van der Waals surface area contributed by atoms with E-state index >= 15 is 0 Å². The number of aliphatic hydroxyl groups is 1. The van der Waals surface area contributed by atoms with Crippen LogP contribution in [0.1, 0.15) is 44.4 Å². The van der Waals surface area contributed by atoms with Gasteiger partial charge in [0, 0.05) is 11.6 Å². The van der Waals surface area contributed by atoms with Crippen LogP contribution in [-0.4, -0.2) is 24.8 Å². The second-order valence-corrected chi connectivity index (χ2v) is 5.62. The van der Waals surface area contributed by atoms with Crippen molar-refractivity contribution in [2.75, 3.05) is 13.7 Å². The van der Waals surface area contributed by atoms with Crippen molar-refractivity contribution in [2.24, 2.45) is 5.92 Å². The third-order valence-corrected chi connectivity index (χ3v) is 3.37. The molecule has 3 heteroatoms. The van der Waals surface area contributed by atoms with E-state index in [2.05, 4.69) is 19.2 Å². The monoisotopic (exact) mass is 265 g/mol. The van der Waals surface area contributed by atoms with Gasteiger partial charge in [-0.05, 0) is 44.9 Å². The zero-order valence-corrected chi connectivity index (χ0v) is 12.7. The van der Waals surface area contributed by atoms with Gasteiger partial charge in [-0.3, -0.25) is 0 Å². The van der Waals surface area contributed by atoms with Crippen LogP contribution in [0.15, 0.2) is 18.2 Å². The van der Waals surface area contributed by atoms with Gasteiger partial charge in [0.05, 0.1) is 13.2 Å². The molecule has 108 valence electrons. The van der Waals surface area contributed by atoms with Crippen LogP contribution in [0.4, 0.5) is 0 Å². The lowest BCUT2D eigenvalue weighted by Gasteiger charge is -2.23. The third-order valence-electron chi connectivity index (χ3n) is 3.37. The Kier molecular flexibility index (Phi) is 6.32. The first kappa shape index (κ1) is 16.0. The summed E-state index contributed by atoms with van der Waals surface area (Å²) in [6, 6.07) is 5.90. The molecule has 2 atom stereocenters. The zero-order chi connectivity index (χ0) is 14.4. The summed E-state index contributed by atoms with van der Waals surface area (Å²) >= 11 is 0. The Morgan fingerprint density at radius 2 is 1.95 bits per heavy atom. The largest absolute Gasteiger partial charge is 0.496 e. The minimum absolute atomic E-state index is 0.00875. The Morgan fingerprint density at radius 1 is 1.26 bits per heavy atom. The minimum Gasteiger partial charge on any atom is -0.496 e. The standard InChI is InChI=1S/C16H27NO2/c1-11(2)8-9-17-13(4)16(18)14-10-12(3)6-7-15(14)19-5/h6-7,10-11,13,16-18H,8-9H2,1-5H3. The number of ether oxygens (including phenoxy) is 1. The molecular formula is C16H27NO2. The lowest BCUT2D eigenvalue weighted by Crippen LogP contribution is -2.33. The van der Waals surface area contributed by atoms with Gasteiger partial charge in [-0.1, -0.05) is 25.5 Å². The van der Waals surface area contributed by atoms with E-state index in [0.717, 1.165) is 29.8 Å². The van der Waals surface area contributed by atoms with Gasteiger partial charge >= 0.3 is 0 Å². The first-order chi connectivity index (χ1) is 8.95. The molecule has 0 bridgehead atoms. The van der Waals surface area contributed by atoms with Crippen LogP contribution >= 0.6 is 0 Å². The van der Waals surface area contributed by atoms with E-state index < -0.39 is 6.10 Å². The fraction of sp³-hybridized carbons (Fsp3) is 0.625. The molecule has 19 heavy (non-hydrogen) atoms. The average Bonchev–Trinajstić information content (AvgIpc) is 2.37. The van der Waals surface area contributed by atoms with E-state index in [1.807, 2.05) is 32.0 Å². The van der Waals surface area contributed by atoms with Crippen molar-refractivity contribution < 1.29 is 9.84 Å². The predicted octanol–water partition coefficient (Wildman–Crippen LogP) is 3.06. The maximum atomic E-state index is 10.4. The van der Waals surface area contributed by atoms with Gasteiger partial charge in [-0.25, -0.2) is 0 Å². The van der Waals surface area contributed by atoms with Gasteiger partial charge in [-0.2, -0.15) is 0 Å². The van der Waals surface area contributed by atoms with Gasteiger partial charge in [0.2, 0.25) is 0 Å². The fourth-order valence-electron chi connectivity index (χ4n) is 2.07. The van der Waals surface area contributed by atoms with Crippen LogP contribution in [0.2, 0.25) is 0 Å². The minimum atomic E-state index is -0.554. The molecule has 2 N–H and O–H groups in total. The van der Waals surface area contributed by atoms with Gasteiger partial charge in [0.15, 0.2) is 0 Å². The number of methoxy groups -OCH3 is 1. The molecule has 0 saturated heterocycles. The molecule has 1 aromatic rings. The molecule has 2 unspecified atom stereocenters. The van der Waals surface area contributed by atoms with Crippen molar-refractivity contribution in [1.29, 1.82) is 0 Å². The molecule has 1 rings (SSSR count). The van der Waals surface area contributed by atoms with Gasteiger partial charge in [0.25, 0.3) is 0 Å². The van der Waals surface area contributed by atoms with Crippen LogP contribution in [0.3, 0.4) is 0 Å². The highest BCUT2D eigenvalue weighted by molar-refractivity contribution is 5.39.